The molecule has 0 aliphatic carbocycles. The molecule has 21 heavy (non-hydrogen) atoms. The second kappa shape index (κ2) is 8.35. The van der Waals surface area contributed by atoms with E-state index >= 15 is 0 Å². The van der Waals surface area contributed by atoms with Gasteiger partial charge in [0.25, 0.3) is 0 Å². The molecule has 0 amide bonds. The van der Waals surface area contributed by atoms with Gasteiger partial charge in [-0.25, -0.2) is 9.55 Å². The highest BCUT2D eigenvalue weighted by molar-refractivity contribution is 5.71. The lowest BCUT2D eigenvalue weighted by Gasteiger charge is -2.19. The summed E-state index contributed by atoms with van der Waals surface area (Å²) < 4.78 is 6.48. The number of aryl methyl sites for hydroxylation is 1. The van der Waals surface area contributed by atoms with E-state index < -0.39 is 4.92 Å². The van der Waals surface area contributed by atoms with Crippen LogP contribution in [0.1, 0.15) is 26.1 Å². The Morgan fingerprint density at radius 1 is 1.48 bits per heavy atom. The second-order valence-corrected chi connectivity index (χ2v) is 4.65. The Balaban J connectivity index is 2.66. The van der Waals surface area contributed by atoms with Crippen LogP contribution in [0.15, 0.2) is 6.20 Å². The van der Waals surface area contributed by atoms with Crippen LogP contribution < -0.4 is 0 Å². The summed E-state index contributed by atoms with van der Waals surface area (Å²) in [7, 11) is 0. The highest BCUT2D eigenvalue weighted by atomic mass is 16.6. The highest BCUT2D eigenvalue weighted by Gasteiger charge is 2.19. The van der Waals surface area contributed by atoms with Crippen LogP contribution in [0, 0.1) is 17.0 Å². The first-order chi connectivity index (χ1) is 9.99. The van der Waals surface area contributed by atoms with Gasteiger partial charge in [0, 0.05) is 13.5 Å². The molecule has 118 valence electrons. The maximum atomic E-state index is 11.5. The van der Waals surface area contributed by atoms with Crippen LogP contribution in [-0.4, -0.2) is 51.6 Å². The topological polar surface area (TPSA) is 90.5 Å². The molecule has 8 nitrogen and oxygen atoms in total. The molecule has 0 fully saturated rings. The van der Waals surface area contributed by atoms with Crippen LogP contribution in [0.4, 0.5) is 5.82 Å². The normalized spacial score (nSPS) is 10.9. The van der Waals surface area contributed by atoms with Crippen LogP contribution >= 0.6 is 0 Å². The van der Waals surface area contributed by atoms with Crippen LogP contribution in [0.5, 0.6) is 0 Å². The van der Waals surface area contributed by atoms with Crippen molar-refractivity contribution in [2.75, 3.05) is 26.2 Å². The summed E-state index contributed by atoms with van der Waals surface area (Å²) in [5.74, 6) is 0.289. The molecule has 0 radical (unpaired) electrons. The number of imidazole rings is 1. The maximum absolute atomic E-state index is 11.5. The predicted molar refractivity (Wildman–Crippen MR) is 77.0 cm³/mol. The largest absolute Gasteiger partial charge is 0.465 e. The maximum Gasteiger partial charge on any atom is 0.342 e. The fraction of sp³-hybridized carbons (Fsp3) is 0.692. The van der Waals surface area contributed by atoms with Crippen molar-refractivity contribution in [1.82, 2.24) is 14.5 Å². The Morgan fingerprint density at radius 2 is 2.19 bits per heavy atom. The second-order valence-electron chi connectivity index (χ2n) is 4.65. The van der Waals surface area contributed by atoms with Crippen LogP contribution in [0.3, 0.4) is 0 Å². The van der Waals surface area contributed by atoms with Gasteiger partial charge in [-0.05, 0) is 24.8 Å². The average Bonchev–Trinajstić information content (AvgIpc) is 2.78. The van der Waals surface area contributed by atoms with Gasteiger partial charge in [-0.3, -0.25) is 9.69 Å². The number of esters is 1. The SMILES string of the molecule is CCCN(CCn1c([N+](=O)[O-])cnc1C)CC(=O)OCC. The van der Waals surface area contributed by atoms with E-state index in [-0.39, 0.29) is 18.3 Å². The number of carbonyl (C=O) groups excluding carboxylic acids is 1. The molecule has 1 aromatic heterocycles. The number of hydrogen-bond acceptors (Lipinski definition) is 6. The number of nitrogens with zero attached hydrogens (tertiary/aromatic N) is 4. The van der Waals surface area contributed by atoms with E-state index in [0.29, 0.717) is 25.5 Å². The van der Waals surface area contributed by atoms with Crippen molar-refractivity contribution in [2.24, 2.45) is 0 Å². The third-order valence-electron chi connectivity index (χ3n) is 3.06. The monoisotopic (exact) mass is 298 g/mol. The summed E-state index contributed by atoms with van der Waals surface area (Å²) in [5.41, 5.74) is 0. The predicted octanol–water partition coefficient (Wildman–Crippen LogP) is 1.37. The van der Waals surface area contributed by atoms with Gasteiger partial charge in [0.15, 0.2) is 5.82 Å². The van der Waals surface area contributed by atoms with E-state index in [2.05, 4.69) is 4.98 Å². The smallest absolute Gasteiger partial charge is 0.342 e. The lowest BCUT2D eigenvalue weighted by atomic mass is 10.4. The summed E-state index contributed by atoms with van der Waals surface area (Å²) in [5, 5.41) is 10.9. The summed E-state index contributed by atoms with van der Waals surface area (Å²) in [6.45, 7) is 7.74. The van der Waals surface area contributed by atoms with Gasteiger partial charge in [-0.1, -0.05) is 6.92 Å². The first-order valence-electron chi connectivity index (χ1n) is 7.04. The lowest BCUT2D eigenvalue weighted by molar-refractivity contribution is -0.392. The average molecular weight is 298 g/mol. The Labute approximate surface area is 123 Å². The summed E-state index contributed by atoms with van der Waals surface area (Å²) in [6, 6.07) is 0. The molecule has 0 atom stereocenters. The highest BCUT2D eigenvalue weighted by Crippen LogP contribution is 2.13. The molecule has 0 saturated heterocycles. The van der Waals surface area contributed by atoms with Gasteiger partial charge in [0.05, 0.1) is 13.2 Å². The number of aromatic nitrogens is 2. The van der Waals surface area contributed by atoms with Crippen molar-refractivity contribution < 1.29 is 14.5 Å². The third kappa shape index (κ3) is 5.14. The molecule has 1 rings (SSSR count). The van der Waals surface area contributed by atoms with E-state index in [1.54, 1.807) is 18.4 Å². The van der Waals surface area contributed by atoms with Crippen molar-refractivity contribution in [1.29, 1.82) is 0 Å². The van der Waals surface area contributed by atoms with E-state index in [1.165, 1.54) is 6.20 Å². The van der Waals surface area contributed by atoms with E-state index in [1.807, 2.05) is 11.8 Å². The van der Waals surface area contributed by atoms with Crippen molar-refractivity contribution in [3.63, 3.8) is 0 Å². The molecule has 0 saturated carbocycles. The number of rotatable bonds is 9. The first-order valence-corrected chi connectivity index (χ1v) is 7.04. The van der Waals surface area contributed by atoms with Gasteiger partial charge >= 0.3 is 11.8 Å². The van der Waals surface area contributed by atoms with Crippen LogP contribution in [-0.2, 0) is 16.1 Å². The zero-order chi connectivity index (χ0) is 15.8. The van der Waals surface area contributed by atoms with Gasteiger partial charge in [0.1, 0.15) is 12.7 Å². The van der Waals surface area contributed by atoms with E-state index in [9.17, 15) is 14.9 Å². The Bertz CT molecular complexity index is 487. The molecule has 8 heteroatoms. The zero-order valence-electron chi connectivity index (χ0n) is 12.7. The Hall–Kier alpha value is -1.96. The van der Waals surface area contributed by atoms with Gasteiger partial charge in [-0.15, -0.1) is 0 Å². The minimum Gasteiger partial charge on any atom is -0.465 e. The molecule has 0 aromatic carbocycles. The molecule has 0 spiro atoms. The molecular formula is C13H22N4O4. The quantitative estimate of drug-likeness (QED) is 0.388. The molecule has 0 unspecified atom stereocenters. The fourth-order valence-corrected chi connectivity index (χ4v) is 2.10. The minimum absolute atomic E-state index is 0.0277. The summed E-state index contributed by atoms with van der Waals surface area (Å²) in [6.07, 6.45) is 2.15. The number of hydrogen-bond donors (Lipinski definition) is 0. The van der Waals surface area contributed by atoms with Crippen LogP contribution in [0.25, 0.3) is 0 Å². The van der Waals surface area contributed by atoms with E-state index in [0.717, 1.165) is 13.0 Å². The Kier molecular flexibility index (Phi) is 6.80. The molecule has 0 bridgehead atoms. The fourth-order valence-electron chi connectivity index (χ4n) is 2.10. The lowest BCUT2D eigenvalue weighted by Crippen LogP contribution is -2.34. The molecular weight excluding hydrogens is 276 g/mol. The minimum atomic E-state index is -0.449. The third-order valence-corrected chi connectivity index (χ3v) is 3.06. The van der Waals surface area contributed by atoms with Gasteiger partial charge < -0.3 is 14.9 Å². The van der Waals surface area contributed by atoms with Crippen molar-refractivity contribution in [3.8, 4) is 0 Å². The van der Waals surface area contributed by atoms with Crippen LogP contribution in [0.2, 0.25) is 0 Å². The zero-order valence-corrected chi connectivity index (χ0v) is 12.7. The van der Waals surface area contributed by atoms with Gasteiger partial charge in [0.2, 0.25) is 0 Å². The Morgan fingerprint density at radius 3 is 2.76 bits per heavy atom. The van der Waals surface area contributed by atoms with Crippen molar-refractivity contribution >= 4 is 11.8 Å². The van der Waals surface area contributed by atoms with E-state index in [4.69, 9.17) is 4.74 Å². The molecule has 0 aliphatic rings. The standard InChI is InChI=1S/C13H22N4O4/c1-4-6-15(10-13(18)21-5-2)7-8-16-11(3)14-9-12(16)17(19)20/h9H,4-8,10H2,1-3H3. The molecule has 0 aliphatic heterocycles. The van der Waals surface area contributed by atoms with Crippen molar-refractivity contribution in [2.45, 2.75) is 33.7 Å². The first kappa shape index (κ1) is 17.1. The molecule has 1 aromatic rings. The molecule has 0 N–H and O–H groups in total. The van der Waals surface area contributed by atoms with Gasteiger partial charge in [-0.2, -0.15) is 0 Å². The number of ether oxygens (including phenoxy) is 1. The van der Waals surface area contributed by atoms with Crippen molar-refractivity contribution in [3.05, 3.63) is 22.1 Å². The number of nitro groups is 1. The molecule has 1 heterocycles. The number of carbonyl (C=O) groups is 1. The summed E-state index contributed by atoms with van der Waals surface area (Å²) >= 11 is 0. The summed E-state index contributed by atoms with van der Waals surface area (Å²) in [4.78, 5) is 27.9.